The maximum absolute atomic E-state index is 12.1. The van der Waals surface area contributed by atoms with Crippen molar-refractivity contribution in [1.29, 1.82) is 0 Å². The lowest BCUT2D eigenvalue weighted by atomic mass is 9.87. The number of nitrogen functional groups attached to an aromatic ring is 2. The Morgan fingerprint density at radius 1 is 1.32 bits per heavy atom. The second-order valence-corrected chi connectivity index (χ2v) is 5.39. The van der Waals surface area contributed by atoms with Gasteiger partial charge in [0.1, 0.15) is 0 Å². The Morgan fingerprint density at radius 3 is 2.58 bits per heavy atom. The van der Waals surface area contributed by atoms with Gasteiger partial charge >= 0.3 is 0 Å². The Kier molecular flexibility index (Phi) is 3.95. The molecule has 1 saturated carbocycles. The Morgan fingerprint density at radius 2 is 2.00 bits per heavy atom. The van der Waals surface area contributed by atoms with Crippen molar-refractivity contribution in [2.24, 2.45) is 5.41 Å². The van der Waals surface area contributed by atoms with Gasteiger partial charge in [-0.3, -0.25) is 4.79 Å². The molecule has 104 valence electrons. The van der Waals surface area contributed by atoms with Crippen molar-refractivity contribution in [1.82, 2.24) is 5.32 Å². The number of amides is 1. The lowest BCUT2D eigenvalue weighted by Gasteiger charge is -2.26. The van der Waals surface area contributed by atoms with E-state index in [1.54, 1.807) is 18.2 Å². The third-order valence-corrected chi connectivity index (χ3v) is 3.94. The molecule has 6 N–H and O–H groups in total. The monoisotopic (exact) mass is 263 g/mol. The van der Waals surface area contributed by atoms with Crippen molar-refractivity contribution in [2.75, 3.05) is 24.6 Å². The van der Waals surface area contributed by atoms with Crippen molar-refractivity contribution in [3.8, 4) is 0 Å². The van der Waals surface area contributed by atoms with Crippen LogP contribution in [0.2, 0.25) is 0 Å². The molecule has 0 aliphatic heterocycles. The first-order valence-corrected chi connectivity index (χ1v) is 6.60. The van der Waals surface area contributed by atoms with Crippen LogP contribution >= 0.6 is 0 Å². The Hall–Kier alpha value is -1.75. The largest absolute Gasteiger partial charge is 0.399 e. The number of nitrogens with two attached hydrogens (primary N) is 2. The summed E-state index contributed by atoms with van der Waals surface area (Å²) in [5.41, 5.74) is 12.6. The van der Waals surface area contributed by atoms with Gasteiger partial charge in [-0.05, 0) is 31.0 Å². The number of nitrogens with one attached hydrogen (secondary N) is 1. The molecule has 0 atom stereocenters. The van der Waals surface area contributed by atoms with Gasteiger partial charge in [-0.15, -0.1) is 0 Å². The van der Waals surface area contributed by atoms with E-state index in [0.717, 1.165) is 25.7 Å². The van der Waals surface area contributed by atoms with Gasteiger partial charge in [0.15, 0.2) is 0 Å². The van der Waals surface area contributed by atoms with Crippen LogP contribution in [0.5, 0.6) is 0 Å². The molecule has 1 amide bonds. The fourth-order valence-electron chi connectivity index (χ4n) is 2.67. The summed E-state index contributed by atoms with van der Waals surface area (Å²) in [6.07, 6.45) is 4.14. The highest BCUT2D eigenvalue weighted by atomic mass is 16.3. The van der Waals surface area contributed by atoms with Crippen molar-refractivity contribution in [2.45, 2.75) is 25.7 Å². The number of carbonyl (C=O) groups excluding carboxylic acids is 1. The minimum atomic E-state index is -0.211. The van der Waals surface area contributed by atoms with E-state index in [0.29, 0.717) is 23.5 Å². The minimum Gasteiger partial charge on any atom is -0.399 e. The number of anilines is 2. The number of hydrogen-bond acceptors (Lipinski definition) is 4. The number of benzene rings is 1. The predicted octanol–water partition coefficient (Wildman–Crippen LogP) is 1.13. The molecule has 2 rings (SSSR count). The molecule has 5 heteroatoms. The van der Waals surface area contributed by atoms with E-state index in [2.05, 4.69) is 5.32 Å². The summed E-state index contributed by atoms with van der Waals surface area (Å²) in [4.78, 5) is 12.1. The maximum Gasteiger partial charge on any atom is 0.253 e. The summed E-state index contributed by atoms with van der Waals surface area (Å²) in [6, 6.07) is 4.86. The summed E-state index contributed by atoms with van der Waals surface area (Å²) in [5, 5.41) is 12.4. The smallest absolute Gasteiger partial charge is 0.253 e. The van der Waals surface area contributed by atoms with E-state index in [1.807, 2.05) is 0 Å². The molecular weight excluding hydrogens is 242 g/mol. The highest BCUT2D eigenvalue weighted by Gasteiger charge is 2.33. The Labute approximate surface area is 113 Å². The fraction of sp³-hybridized carbons (Fsp3) is 0.500. The third kappa shape index (κ3) is 2.98. The zero-order chi connectivity index (χ0) is 13.9. The van der Waals surface area contributed by atoms with Crippen LogP contribution < -0.4 is 16.8 Å². The fourth-order valence-corrected chi connectivity index (χ4v) is 2.67. The Balaban J connectivity index is 2.01. The molecule has 0 aromatic heterocycles. The highest BCUT2D eigenvalue weighted by molar-refractivity contribution is 5.99. The topological polar surface area (TPSA) is 101 Å². The molecule has 1 aromatic rings. The van der Waals surface area contributed by atoms with Gasteiger partial charge in [0, 0.05) is 23.3 Å². The molecule has 0 saturated heterocycles. The molecule has 1 aromatic carbocycles. The molecule has 0 unspecified atom stereocenters. The molecule has 19 heavy (non-hydrogen) atoms. The van der Waals surface area contributed by atoms with Crippen LogP contribution in [0.4, 0.5) is 11.4 Å². The van der Waals surface area contributed by atoms with Crippen LogP contribution in [-0.2, 0) is 0 Å². The number of aliphatic hydroxyl groups excluding tert-OH is 1. The third-order valence-electron chi connectivity index (χ3n) is 3.94. The van der Waals surface area contributed by atoms with Gasteiger partial charge in [0.25, 0.3) is 5.91 Å². The van der Waals surface area contributed by atoms with Crippen LogP contribution in [0.1, 0.15) is 36.0 Å². The maximum atomic E-state index is 12.1. The van der Waals surface area contributed by atoms with Crippen molar-refractivity contribution in [3.05, 3.63) is 23.8 Å². The summed E-state index contributed by atoms with van der Waals surface area (Å²) in [5.74, 6) is -0.211. The van der Waals surface area contributed by atoms with Gasteiger partial charge in [-0.2, -0.15) is 0 Å². The molecule has 0 spiro atoms. The standard InChI is InChI=1S/C14H21N3O2/c15-10-3-4-11(12(16)7-10)13(19)17-8-14(9-18)5-1-2-6-14/h3-4,7,18H,1-2,5-6,8-9,15-16H2,(H,17,19). The average molecular weight is 263 g/mol. The summed E-state index contributed by atoms with van der Waals surface area (Å²) >= 11 is 0. The van der Waals surface area contributed by atoms with E-state index < -0.39 is 0 Å². The number of rotatable bonds is 4. The average Bonchev–Trinajstić information content (AvgIpc) is 2.85. The minimum absolute atomic E-state index is 0.116. The predicted molar refractivity (Wildman–Crippen MR) is 75.6 cm³/mol. The molecule has 1 aliphatic carbocycles. The van der Waals surface area contributed by atoms with Crippen LogP contribution in [0.3, 0.4) is 0 Å². The van der Waals surface area contributed by atoms with Crippen molar-refractivity contribution in [3.63, 3.8) is 0 Å². The van der Waals surface area contributed by atoms with E-state index in [1.165, 1.54) is 0 Å². The van der Waals surface area contributed by atoms with Crippen LogP contribution in [-0.4, -0.2) is 24.2 Å². The zero-order valence-corrected chi connectivity index (χ0v) is 11.0. The normalized spacial score (nSPS) is 17.3. The lowest BCUT2D eigenvalue weighted by Crippen LogP contribution is -2.38. The van der Waals surface area contributed by atoms with Crippen LogP contribution in [0, 0.1) is 5.41 Å². The SMILES string of the molecule is Nc1ccc(C(=O)NCC2(CO)CCCC2)c(N)c1. The summed E-state index contributed by atoms with van der Waals surface area (Å²) in [7, 11) is 0. The first-order chi connectivity index (χ1) is 9.06. The second kappa shape index (κ2) is 5.48. The molecule has 0 bridgehead atoms. The first-order valence-electron chi connectivity index (χ1n) is 6.60. The van der Waals surface area contributed by atoms with E-state index in [4.69, 9.17) is 11.5 Å². The van der Waals surface area contributed by atoms with Gasteiger partial charge < -0.3 is 21.9 Å². The molecule has 1 aliphatic rings. The van der Waals surface area contributed by atoms with E-state index >= 15 is 0 Å². The number of hydrogen-bond donors (Lipinski definition) is 4. The van der Waals surface area contributed by atoms with Crippen LogP contribution in [0.25, 0.3) is 0 Å². The molecule has 0 radical (unpaired) electrons. The van der Waals surface area contributed by atoms with Crippen LogP contribution in [0.15, 0.2) is 18.2 Å². The van der Waals surface area contributed by atoms with Gasteiger partial charge in [-0.25, -0.2) is 0 Å². The molecule has 0 heterocycles. The number of aliphatic hydroxyl groups is 1. The van der Waals surface area contributed by atoms with Gasteiger partial charge in [-0.1, -0.05) is 12.8 Å². The summed E-state index contributed by atoms with van der Waals surface area (Å²) < 4.78 is 0. The lowest BCUT2D eigenvalue weighted by molar-refractivity contribution is 0.0881. The zero-order valence-electron chi connectivity index (χ0n) is 11.0. The van der Waals surface area contributed by atoms with E-state index in [9.17, 15) is 9.90 Å². The van der Waals surface area contributed by atoms with Crippen molar-refractivity contribution < 1.29 is 9.90 Å². The van der Waals surface area contributed by atoms with Crippen molar-refractivity contribution >= 4 is 17.3 Å². The van der Waals surface area contributed by atoms with Gasteiger partial charge in [0.2, 0.25) is 0 Å². The summed E-state index contributed by atoms with van der Waals surface area (Å²) in [6.45, 7) is 0.608. The molecule has 1 fully saturated rings. The Bertz CT molecular complexity index is 468. The highest BCUT2D eigenvalue weighted by Crippen LogP contribution is 2.36. The second-order valence-electron chi connectivity index (χ2n) is 5.39. The van der Waals surface area contributed by atoms with Gasteiger partial charge in [0.05, 0.1) is 12.2 Å². The quantitative estimate of drug-likeness (QED) is 0.612. The number of carbonyl (C=O) groups is 1. The van der Waals surface area contributed by atoms with E-state index in [-0.39, 0.29) is 17.9 Å². The molecule has 5 nitrogen and oxygen atoms in total. The molecular formula is C14H21N3O2. The first kappa shape index (κ1) is 13.7.